The number of carboxylic acids is 1. The van der Waals surface area contributed by atoms with E-state index in [9.17, 15) is 40.3 Å². The Kier molecular flexibility index (Phi) is 6.39. The molecular formula is C11H11F7O4. The number of alkyl halides is 7. The fraction of sp³-hybridized carbons (Fsp3) is 0.636. The van der Waals surface area contributed by atoms with Gasteiger partial charge in [-0.05, 0) is 12.8 Å². The second-order valence-corrected chi connectivity index (χ2v) is 4.24. The van der Waals surface area contributed by atoms with E-state index in [-0.39, 0.29) is 19.3 Å². The summed E-state index contributed by atoms with van der Waals surface area (Å²) in [7, 11) is 0. The Morgan fingerprint density at radius 1 is 0.864 bits per heavy atom. The van der Waals surface area contributed by atoms with E-state index in [0.29, 0.717) is 0 Å². The van der Waals surface area contributed by atoms with E-state index in [4.69, 9.17) is 10.2 Å². The normalized spacial score (nSPS) is 14.0. The molecule has 0 aromatic rings. The molecule has 0 bridgehead atoms. The Morgan fingerprint density at radius 3 is 1.73 bits per heavy atom. The van der Waals surface area contributed by atoms with Gasteiger partial charge in [0.05, 0.1) is 0 Å². The molecule has 0 aromatic carbocycles. The Bertz CT molecular complexity index is 454. The minimum atomic E-state index is -6.62. The van der Waals surface area contributed by atoms with Crippen molar-refractivity contribution in [3.05, 3.63) is 11.8 Å². The molecule has 0 aliphatic heterocycles. The number of hydrogen-bond donors (Lipinski definition) is 2. The molecule has 0 rings (SSSR count). The lowest BCUT2D eigenvalue weighted by Crippen LogP contribution is -2.53. The van der Waals surface area contributed by atoms with Crippen LogP contribution in [0.15, 0.2) is 11.8 Å². The first-order valence-corrected chi connectivity index (χ1v) is 5.71. The summed E-state index contributed by atoms with van der Waals surface area (Å²) < 4.78 is 86.5. The maximum absolute atomic E-state index is 12.9. The third kappa shape index (κ3) is 4.88. The van der Waals surface area contributed by atoms with Gasteiger partial charge in [-0.25, -0.2) is 0 Å². The molecular weight excluding hydrogens is 329 g/mol. The van der Waals surface area contributed by atoms with Crippen molar-refractivity contribution in [2.24, 2.45) is 0 Å². The average Bonchev–Trinajstić information content (AvgIpc) is 2.32. The van der Waals surface area contributed by atoms with Gasteiger partial charge in [-0.2, -0.15) is 30.7 Å². The molecule has 0 aromatic heterocycles. The Morgan fingerprint density at radius 2 is 1.32 bits per heavy atom. The van der Waals surface area contributed by atoms with Gasteiger partial charge in [0.1, 0.15) is 0 Å². The zero-order valence-corrected chi connectivity index (χ0v) is 10.8. The molecule has 22 heavy (non-hydrogen) atoms. The highest BCUT2D eigenvalue weighted by molar-refractivity contribution is 5.90. The van der Waals surface area contributed by atoms with E-state index < -0.39 is 48.0 Å². The summed E-state index contributed by atoms with van der Waals surface area (Å²) in [6, 6.07) is 0. The molecule has 0 radical (unpaired) electrons. The Hall–Kier alpha value is -1.81. The fourth-order valence-electron chi connectivity index (χ4n) is 1.23. The summed E-state index contributed by atoms with van der Waals surface area (Å²) in [5, 5.41) is 17.0. The van der Waals surface area contributed by atoms with Gasteiger partial charge < -0.3 is 10.2 Å². The highest BCUT2D eigenvalue weighted by Gasteiger charge is 2.74. The Balaban J connectivity index is 4.89. The molecule has 11 heteroatoms. The highest BCUT2D eigenvalue weighted by atomic mass is 19.4. The second-order valence-electron chi connectivity index (χ2n) is 4.24. The number of aliphatic hydroxyl groups is 1. The van der Waals surface area contributed by atoms with E-state index in [1.165, 1.54) is 0 Å². The van der Waals surface area contributed by atoms with Gasteiger partial charge in [0.2, 0.25) is 0 Å². The van der Waals surface area contributed by atoms with E-state index >= 15 is 0 Å². The van der Waals surface area contributed by atoms with Crippen molar-refractivity contribution >= 4 is 11.8 Å². The third-order valence-electron chi connectivity index (χ3n) is 2.43. The van der Waals surface area contributed by atoms with Crippen molar-refractivity contribution in [2.75, 3.05) is 0 Å². The predicted octanol–water partition coefficient (Wildman–Crippen LogP) is 3.48. The lowest BCUT2D eigenvalue weighted by atomic mass is 10.1. The Labute approximate surface area is 119 Å². The van der Waals surface area contributed by atoms with E-state index in [2.05, 4.69) is 0 Å². The van der Waals surface area contributed by atoms with Crippen LogP contribution in [0.25, 0.3) is 0 Å². The first kappa shape index (κ1) is 20.2. The molecule has 128 valence electrons. The zero-order chi connectivity index (χ0) is 17.8. The van der Waals surface area contributed by atoms with Gasteiger partial charge in [-0.3, -0.25) is 9.59 Å². The number of halogens is 7. The standard InChI is InChI=1S/C11H11F7O4/c12-9(13,10(14,15)11(16,17)18)7(20)5-6(19)3-1-2-4-8(21)22/h5,20H,1-4H2,(H,21,22). The number of aliphatic hydroxyl groups excluding tert-OH is 1. The lowest BCUT2D eigenvalue weighted by molar-refractivity contribution is -0.349. The number of allylic oxidation sites excluding steroid dienone is 2. The summed E-state index contributed by atoms with van der Waals surface area (Å²) in [6.07, 6.45) is -8.14. The SMILES string of the molecule is O=C(O)CCCCC(=O)C=C(O)C(F)(F)C(F)(F)C(F)(F)F. The molecule has 0 saturated heterocycles. The maximum atomic E-state index is 12.9. The van der Waals surface area contributed by atoms with Crippen LogP contribution in [-0.2, 0) is 9.59 Å². The third-order valence-corrected chi connectivity index (χ3v) is 2.43. The van der Waals surface area contributed by atoms with Crippen molar-refractivity contribution < 1.29 is 50.5 Å². The van der Waals surface area contributed by atoms with Crippen LogP contribution in [0.5, 0.6) is 0 Å². The highest BCUT2D eigenvalue weighted by Crippen LogP contribution is 2.49. The predicted molar refractivity (Wildman–Crippen MR) is 57.8 cm³/mol. The first-order chi connectivity index (χ1) is 9.73. The molecule has 0 unspecified atom stereocenters. The van der Waals surface area contributed by atoms with Crippen LogP contribution in [0.3, 0.4) is 0 Å². The molecule has 0 atom stereocenters. The van der Waals surface area contributed by atoms with Crippen LogP contribution in [0.1, 0.15) is 25.7 Å². The quantitative estimate of drug-likeness (QED) is 0.307. The van der Waals surface area contributed by atoms with Gasteiger partial charge in [0, 0.05) is 18.9 Å². The largest absolute Gasteiger partial charge is 0.506 e. The number of ketones is 1. The smallest absolute Gasteiger partial charge is 0.460 e. The van der Waals surface area contributed by atoms with Crippen molar-refractivity contribution in [3.63, 3.8) is 0 Å². The maximum Gasteiger partial charge on any atom is 0.460 e. The molecule has 0 saturated carbocycles. The second kappa shape index (κ2) is 6.97. The number of unbranched alkanes of at least 4 members (excludes halogenated alkanes) is 1. The summed E-state index contributed by atoms with van der Waals surface area (Å²) in [6.45, 7) is 0. The fourth-order valence-corrected chi connectivity index (χ4v) is 1.23. The van der Waals surface area contributed by atoms with Crippen molar-refractivity contribution in [2.45, 2.75) is 43.7 Å². The minimum Gasteiger partial charge on any atom is -0.506 e. The van der Waals surface area contributed by atoms with Crippen LogP contribution >= 0.6 is 0 Å². The average molecular weight is 340 g/mol. The van der Waals surface area contributed by atoms with Crippen LogP contribution in [0, 0.1) is 0 Å². The number of rotatable bonds is 8. The summed E-state index contributed by atoms with van der Waals surface area (Å²) in [5.41, 5.74) is 0. The molecule has 0 heterocycles. The molecule has 0 fully saturated rings. The number of carbonyl (C=O) groups excluding carboxylic acids is 1. The lowest BCUT2D eigenvalue weighted by Gasteiger charge is -2.27. The van der Waals surface area contributed by atoms with Gasteiger partial charge >= 0.3 is 24.0 Å². The summed E-state index contributed by atoms with van der Waals surface area (Å²) in [4.78, 5) is 21.2. The zero-order valence-electron chi connectivity index (χ0n) is 10.8. The van der Waals surface area contributed by atoms with Crippen molar-refractivity contribution in [1.29, 1.82) is 0 Å². The van der Waals surface area contributed by atoms with Crippen LogP contribution in [0.2, 0.25) is 0 Å². The molecule has 0 aliphatic rings. The minimum absolute atomic E-state index is 0.0369. The summed E-state index contributed by atoms with van der Waals surface area (Å²) in [5.74, 6) is -17.8. The van der Waals surface area contributed by atoms with Crippen LogP contribution in [-0.4, -0.2) is 40.0 Å². The molecule has 0 spiro atoms. The molecule has 2 N–H and O–H groups in total. The van der Waals surface area contributed by atoms with Crippen molar-refractivity contribution in [3.8, 4) is 0 Å². The molecule has 0 amide bonds. The number of carbonyl (C=O) groups is 2. The van der Waals surface area contributed by atoms with Gasteiger partial charge in [-0.1, -0.05) is 0 Å². The number of carboxylic acid groups (broad SMARTS) is 1. The monoisotopic (exact) mass is 340 g/mol. The van der Waals surface area contributed by atoms with Gasteiger partial charge in [0.25, 0.3) is 0 Å². The number of aliphatic carboxylic acids is 1. The van der Waals surface area contributed by atoms with E-state index in [1.54, 1.807) is 0 Å². The van der Waals surface area contributed by atoms with Gasteiger partial charge in [0.15, 0.2) is 11.5 Å². The first-order valence-electron chi connectivity index (χ1n) is 5.71. The van der Waals surface area contributed by atoms with Crippen LogP contribution in [0.4, 0.5) is 30.7 Å². The van der Waals surface area contributed by atoms with E-state index in [0.717, 1.165) is 0 Å². The molecule has 0 aliphatic carbocycles. The summed E-state index contributed by atoms with van der Waals surface area (Å²) >= 11 is 0. The van der Waals surface area contributed by atoms with E-state index in [1.807, 2.05) is 0 Å². The molecule has 4 nitrogen and oxygen atoms in total. The topological polar surface area (TPSA) is 74.6 Å². The number of hydrogen-bond acceptors (Lipinski definition) is 3. The van der Waals surface area contributed by atoms with Crippen LogP contribution < -0.4 is 0 Å². The van der Waals surface area contributed by atoms with Gasteiger partial charge in [-0.15, -0.1) is 0 Å². The van der Waals surface area contributed by atoms with Crippen molar-refractivity contribution in [1.82, 2.24) is 0 Å².